The van der Waals surface area contributed by atoms with Gasteiger partial charge in [0.1, 0.15) is 11.6 Å². The van der Waals surface area contributed by atoms with Crippen LogP contribution in [0.4, 0.5) is 24.8 Å². The predicted molar refractivity (Wildman–Crippen MR) is 75.1 cm³/mol. The molecule has 21 heavy (non-hydrogen) atoms. The highest BCUT2D eigenvalue weighted by molar-refractivity contribution is 5.50. The van der Waals surface area contributed by atoms with Crippen molar-refractivity contribution in [3.63, 3.8) is 0 Å². The Labute approximate surface area is 120 Å². The summed E-state index contributed by atoms with van der Waals surface area (Å²) in [6.07, 6.45) is -1.12. The van der Waals surface area contributed by atoms with E-state index in [1.165, 1.54) is 7.05 Å². The van der Waals surface area contributed by atoms with Gasteiger partial charge in [0.2, 0.25) is 0 Å². The van der Waals surface area contributed by atoms with Gasteiger partial charge in [0, 0.05) is 19.4 Å². The number of nitrogens with one attached hydrogen (secondary N) is 2. The van der Waals surface area contributed by atoms with Crippen LogP contribution in [-0.4, -0.2) is 17.0 Å². The monoisotopic (exact) mass is 296 g/mol. The summed E-state index contributed by atoms with van der Waals surface area (Å²) in [5.41, 5.74) is 0.116. The van der Waals surface area contributed by atoms with Crippen LogP contribution in [0.2, 0.25) is 0 Å². The third-order valence-corrected chi connectivity index (χ3v) is 2.96. The summed E-state index contributed by atoms with van der Waals surface area (Å²) in [5, 5.41) is 5.58. The molecule has 2 rings (SSSR count). The van der Waals surface area contributed by atoms with Gasteiger partial charge in [0.15, 0.2) is 0 Å². The number of aromatic nitrogens is 2. The van der Waals surface area contributed by atoms with Crippen LogP contribution < -0.4 is 10.6 Å². The molecule has 0 fully saturated rings. The Morgan fingerprint density at radius 3 is 2.48 bits per heavy atom. The maximum atomic E-state index is 12.9. The molecule has 0 aliphatic carbocycles. The van der Waals surface area contributed by atoms with Crippen LogP contribution >= 0.6 is 0 Å². The summed E-state index contributed by atoms with van der Waals surface area (Å²) in [6, 6.07) is 5.37. The topological polar surface area (TPSA) is 49.8 Å². The van der Waals surface area contributed by atoms with Crippen molar-refractivity contribution in [2.45, 2.75) is 19.1 Å². The minimum atomic E-state index is -4.41. The van der Waals surface area contributed by atoms with Gasteiger partial charge >= 0.3 is 6.18 Å². The highest BCUT2D eigenvalue weighted by atomic mass is 19.4. The van der Waals surface area contributed by atoms with Crippen LogP contribution in [0.5, 0.6) is 0 Å². The molecule has 0 aromatic carbocycles. The van der Waals surface area contributed by atoms with Crippen LogP contribution in [0.3, 0.4) is 0 Å². The van der Waals surface area contributed by atoms with Gasteiger partial charge in [-0.15, -0.1) is 0 Å². The predicted octanol–water partition coefficient (Wildman–Crippen LogP) is 3.71. The lowest BCUT2D eigenvalue weighted by Crippen LogP contribution is -2.12. The number of nitrogens with zero attached hydrogens (tertiary/aromatic N) is 2. The van der Waals surface area contributed by atoms with Crippen molar-refractivity contribution in [1.82, 2.24) is 9.97 Å². The maximum Gasteiger partial charge on any atom is 0.416 e. The lowest BCUT2D eigenvalue weighted by molar-refractivity contribution is -0.137. The van der Waals surface area contributed by atoms with Crippen molar-refractivity contribution in [3.05, 3.63) is 47.8 Å². The van der Waals surface area contributed by atoms with Gasteiger partial charge in [-0.25, -0.2) is 4.98 Å². The van der Waals surface area contributed by atoms with Crippen molar-refractivity contribution in [2.24, 2.45) is 0 Å². The summed E-state index contributed by atoms with van der Waals surface area (Å²) in [7, 11) is 1.52. The molecule has 7 heteroatoms. The molecule has 2 heterocycles. The van der Waals surface area contributed by atoms with E-state index in [1.54, 1.807) is 18.5 Å². The number of pyridine rings is 2. The van der Waals surface area contributed by atoms with Crippen LogP contribution in [0.15, 0.2) is 36.7 Å². The van der Waals surface area contributed by atoms with E-state index < -0.39 is 11.7 Å². The Kier molecular flexibility index (Phi) is 4.30. The van der Waals surface area contributed by atoms with Crippen molar-refractivity contribution >= 4 is 11.6 Å². The lowest BCUT2D eigenvalue weighted by Gasteiger charge is -2.17. The summed E-state index contributed by atoms with van der Waals surface area (Å²) < 4.78 is 38.6. The quantitative estimate of drug-likeness (QED) is 0.903. The third-order valence-electron chi connectivity index (χ3n) is 2.96. The summed E-state index contributed by atoms with van der Waals surface area (Å²) in [5.74, 6) is 0.316. The molecule has 112 valence electrons. The van der Waals surface area contributed by atoms with E-state index in [0.29, 0.717) is 0 Å². The highest BCUT2D eigenvalue weighted by Gasteiger charge is 2.31. The van der Waals surface area contributed by atoms with Crippen LogP contribution in [0.1, 0.15) is 24.1 Å². The average molecular weight is 296 g/mol. The molecule has 2 N–H and O–H groups in total. The Morgan fingerprint density at radius 2 is 1.90 bits per heavy atom. The molecule has 0 amide bonds. The van der Waals surface area contributed by atoms with E-state index in [9.17, 15) is 13.2 Å². The molecule has 0 spiro atoms. The maximum absolute atomic E-state index is 12.9. The van der Waals surface area contributed by atoms with Gasteiger partial charge in [-0.1, -0.05) is 6.07 Å². The van der Waals surface area contributed by atoms with Crippen molar-refractivity contribution in [3.8, 4) is 0 Å². The van der Waals surface area contributed by atoms with Crippen LogP contribution in [0, 0.1) is 0 Å². The molecule has 2 aromatic heterocycles. The first-order valence-electron chi connectivity index (χ1n) is 6.33. The smallest absolute Gasteiger partial charge is 0.373 e. The summed E-state index contributed by atoms with van der Waals surface area (Å²) >= 11 is 0. The minimum absolute atomic E-state index is 0.158. The molecule has 0 aliphatic heterocycles. The van der Waals surface area contributed by atoms with Crippen LogP contribution in [0.25, 0.3) is 0 Å². The van der Waals surface area contributed by atoms with E-state index in [4.69, 9.17) is 0 Å². The molecule has 0 bridgehead atoms. The largest absolute Gasteiger partial charge is 0.416 e. The van der Waals surface area contributed by atoms with Gasteiger partial charge in [-0.05, 0) is 30.7 Å². The second-order valence-electron chi connectivity index (χ2n) is 4.53. The fourth-order valence-corrected chi connectivity index (χ4v) is 1.83. The van der Waals surface area contributed by atoms with Gasteiger partial charge < -0.3 is 10.6 Å². The van der Waals surface area contributed by atoms with Crippen molar-refractivity contribution in [2.75, 3.05) is 17.7 Å². The average Bonchev–Trinajstić information content (AvgIpc) is 2.46. The molecular weight excluding hydrogens is 281 g/mol. The Bertz CT molecular complexity index is 599. The van der Waals surface area contributed by atoms with E-state index in [2.05, 4.69) is 20.6 Å². The number of hydrogen-bond donors (Lipinski definition) is 2. The van der Waals surface area contributed by atoms with Crippen molar-refractivity contribution < 1.29 is 13.2 Å². The lowest BCUT2D eigenvalue weighted by atomic mass is 10.1. The summed E-state index contributed by atoms with van der Waals surface area (Å²) in [6.45, 7) is 1.83. The zero-order valence-electron chi connectivity index (χ0n) is 11.6. The molecule has 4 nitrogen and oxygen atoms in total. The molecule has 0 saturated heterocycles. The number of halogens is 3. The molecule has 0 saturated carbocycles. The highest BCUT2D eigenvalue weighted by Crippen LogP contribution is 2.32. The van der Waals surface area contributed by atoms with E-state index >= 15 is 0 Å². The Morgan fingerprint density at radius 1 is 1.19 bits per heavy atom. The summed E-state index contributed by atoms with van der Waals surface area (Å²) in [4.78, 5) is 8.07. The molecule has 0 aliphatic rings. The SMILES string of the molecule is CNc1cc(C(F)(F)F)cc(NC(C)c2cccnc2)n1. The van der Waals surface area contributed by atoms with Gasteiger partial charge in [0.25, 0.3) is 0 Å². The molecule has 1 unspecified atom stereocenters. The van der Waals surface area contributed by atoms with E-state index in [0.717, 1.165) is 17.7 Å². The number of hydrogen-bond acceptors (Lipinski definition) is 4. The second kappa shape index (κ2) is 5.99. The third kappa shape index (κ3) is 3.84. The Balaban J connectivity index is 2.27. The molecule has 0 radical (unpaired) electrons. The first-order chi connectivity index (χ1) is 9.90. The molecule has 1 atom stereocenters. The minimum Gasteiger partial charge on any atom is -0.373 e. The van der Waals surface area contributed by atoms with Crippen LogP contribution in [-0.2, 0) is 6.18 Å². The van der Waals surface area contributed by atoms with E-state index in [-0.39, 0.29) is 17.7 Å². The van der Waals surface area contributed by atoms with E-state index in [1.807, 2.05) is 13.0 Å². The van der Waals surface area contributed by atoms with Crippen molar-refractivity contribution in [1.29, 1.82) is 0 Å². The zero-order chi connectivity index (χ0) is 15.5. The second-order valence-corrected chi connectivity index (χ2v) is 4.53. The Hall–Kier alpha value is -2.31. The number of rotatable bonds is 4. The first kappa shape index (κ1) is 15.1. The first-order valence-corrected chi connectivity index (χ1v) is 6.33. The molecule has 2 aromatic rings. The normalized spacial score (nSPS) is 12.8. The van der Waals surface area contributed by atoms with Gasteiger partial charge in [0.05, 0.1) is 11.6 Å². The molecular formula is C14H15F3N4. The number of anilines is 2. The zero-order valence-corrected chi connectivity index (χ0v) is 11.6. The number of alkyl halides is 3. The van der Waals surface area contributed by atoms with Gasteiger partial charge in [-0.2, -0.15) is 13.2 Å². The van der Waals surface area contributed by atoms with Gasteiger partial charge in [-0.3, -0.25) is 4.98 Å². The fraction of sp³-hybridized carbons (Fsp3) is 0.286. The fourth-order valence-electron chi connectivity index (χ4n) is 1.83. The standard InChI is InChI=1S/C14H15F3N4/c1-9(10-4-3-5-19-8-10)20-13-7-11(14(15,16)17)6-12(18-2)21-13/h3-9H,1-2H3,(H2,18,20,21).